The molecule has 198 valence electrons. The van der Waals surface area contributed by atoms with Crippen molar-refractivity contribution < 1.29 is 14.3 Å². The predicted molar refractivity (Wildman–Crippen MR) is 148 cm³/mol. The molecule has 0 aromatic carbocycles. The number of rotatable bonds is 24. The maximum atomic E-state index is 11.6. The second-order valence-electron chi connectivity index (χ2n) is 9.81. The lowest BCUT2D eigenvalue weighted by Crippen LogP contribution is -2.09. The van der Waals surface area contributed by atoms with Gasteiger partial charge in [-0.2, -0.15) is 0 Å². The first kappa shape index (κ1) is 32.5. The van der Waals surface area contributed by atoms with Crippen molar-refractivity contribution in [2.45, 2.75) is 136 Å². The smallest absolute Gasteiger partial charge is 0.434 e. The number of hydrogen-bond donors (Lipinski definition) is 0. The third kappa shape index (κ3) is 28.5. The van der Waals surface area contributed by atoms with E-state index in [4.69, 9.17) is 9.47 Å². The minimum Gasteiger partial charge on any atom is -0.434 e. The Labute approximate surface area is 212 Å². The SMILES string of the molecule is CC/C=C\C/C=C\C/C=C\CCCCCCCCOC(=O)OCCCCCCCCCC(C)C. The normalized spacial score (nSPS) is 12.0. The first-order chi connectivity index (χ1) is 16.7. The van der Waals surface area contributed by atoms with Gasteiger partial charge in [-0.15, -0.1) is 0 Å². The Morgan fingerprint density at radius 3 is 1.56 bits per heavy atom. The Morgan fingerprint density at radius 2 is 1.03 bits per heavy atom. The van der Waals surface area contributed by atoms with Crippen LogP contribution in [-0.4, -0.2) is 19.4 Å². The monoisotopic (exact) mass is 476 g/mol. The maximum Gasteiger partial charge on any atom is 0.508 e. The first-order valence-electron chi connectivity index (χ1n) is 14.4. The van der Waals surface area contributed by atoms with E-state index in [1.807, 2.05) is 0 Å². The average molecular weight is 477 g/mol. The van der Waals surface area contributed by atoms with Crippen LogP contribution in [-0.2, 0) is 9.47 Å². The molecular formula is C31H56O3. The van der Waals surface area contributed by atoms with Crippen LogP contribution < -0.4 is 0 Å². The minimum absolute atomic E-state index is 0.486. The van der Waals surface area contributed by atoms with Gasteiger partial charge in [-0.1, -0.05) is 128 Å². The van der Waals surface area contributed by atoms with Crippen LogP contribution in [0.3, 0.4) is 0 Å². The van der Waals surface area contributed by atoms with Gasteiger partial charge >= 0.3 is 6.16 Å². The number of carbonyl (C=O) groups excluding carboxylic acids is 1. The molecule has 0 bridgehead atoms. The van der Waals surface area contributed by atoms with E-state index in [9.17, 15) is 4.79 Å². The van der Waals surface area contributed by atoms with Gasteiger partial charge in [-0.05, 0) is 50.9 Å². The number of carbonyl (C=O) groups is 1. The lowest BCUT2D eigenvalue weighted by atomic mass is 10.0. The summed E-state index contributed by atoms with van der Waals surface area (Å²) in [6.07, 6.45) is 34.5. The minimum atomic E-state index is -0.493. The highest BCUT2D eigenvalue weighted by Gasteiger charge is 2.03. The van der Waals surface area contributed by atoms with E-state index in [2.05, 4.69) is 57.2 Å². The zero-order chi connectivity index (χ0) is 25.0. The fourth-order valence-electron chi connectivity index (χ4n) is 3.79. The van der Waals surface area contributed by atoms with Gasteiger partial charge in [0.15, 0.2) is 0 Å². The molecule has 0 fully saturated rings. The second-order valence-corrected chi connectivity index (χ2v) is 9.81. The lowest BCUT2D eigenvalue weighted by Gasteiger charge is -2.07. The molecule has 0 aliphatic carbocycles. The van der Waals surface area contributed by atoms with Gasteiger partial charge in [0.2, 0.25) is 0 Å². The summed E-state index contributed by atoms with van der Waals surface area (Å²) in [5.41, 5.74) is 0. The number of hydrogen-bond acceptors (Lipinski definition) is 3. The Hall–Kier alpha value is -1.51. The molecule has 0 aromatic rings. The van der Waals surface area contributed by atoms with Crippen LogP contribution in [0.25, 0.3) is 0 Å². The highest BCUT2D eigenvalue weighted by atomic mass is 16.7. The van der Waals surface area contributed by atoms with Crippen LogP contribution in [0.1, 0.15) is 136 Å². The number of ether oxygens (including phenoxy) is 2. The van der Waals surface area contributed by atoms with Crippen molar-refractivity contribution >= 4 is 6.16 Å². The summed E-state index contributed by atoms with van der Waals surface area (Å²) in [5, 5.41) is 0. The topological polar surface area (TPSA) is 35.5 Å². The highest BCUT2D eigenvalue weighted by Crippen LogP contribution is 2.12. The van der Waals surface area contributed by atoms with Crippen LogP contribution in [0.4, 0.5) is 4.79 Å². The molecule has 3 nitrogen and oxygen atoms in total. The summed E-state index contributed by atoms with van der Waals surface area (Å²) in [6.45, 7) is 7.73. The summed E-state index contributed by atoms with van der Waals surface area (Å²) in [7, 11) is 0. The average Bonchev–Trinajstić information content (AvgIpc) is 2.82. The van der Waals surface area contributed by atoms with Crippen LogP contribution in [0.2, 0.25) is 0 Å². The molecule has 0 saturated carbocycles. The molecular weight excluding hydrogens is 420 g/mol. The van der Waals surface area contributed by atoms with Crippen molar-refractivity contribution in [3.05, 3.63) is 36.5 Å². The molecule has 0 aliphatic heterocycles. The third-order valence-corrected chi connectivity index (χ3v) is 5.91. The Kier molecular flexibility index (Phi) is 26.5. The summed E-state index contributed by atoms with van der Waals surface area (Å²) < 4.78 is 10.3. The zero-order valence-electron chi connectivity index (χ0n) is 22.9. The maximum absolute atomic E-state index is 11.6. The Bertz CT molecular complexity index is 505. The van der Waals surface area contributed by atoms with Crippen LogP contribution >= 0.6 is 0 Å². The molecule has 0 saturated heterocycles. The number of allylic oxidation sites excluding steroid dienone is 6. The quantitative estimate of drug-likeness (QED) is 0.0789. The molecule has 0 rings (SSSR count). The van der Waals surface area contributed by atoms with Crippen molar-refractivity contribution in [2.75, 3.05) is 13.2 Å². The van der Waals surface area contributed by atoms with Crippen molar-refractivity contribution in [3.8, 4) is 0 Å². The van der Waals surface area contributed by atoms with Gasteiger partial charge in [0.1, 0.15) is 0 Å². The number of unbranched alkanes of at least 4 members (excludes halogenated alkanes) is 12. The molecule has 0 spiro atoms. The molecule has 0 heterocycles. The Morgan fingerprint density at radius 1 is 0.588 bits per heavy atom. The molecule has 0 aromatic heterocycles. The molecule has 0 unspecified atom stereocenters. The van der Waals surface area contributed by atoms with Gasteiger partial charge in [-0.25, -0.2) is 4.79 Å². The van der Waals surface area contributed by atoms with Gasteiger partial charge in [-0.3, -0.25) is 0 Å². The van der Waals surface area contributed by atoms with Crippen LogP contribution in [0, 0.1) is 5.92 Å². The van der Waals surface area contributed by atoms with Crippen LogP contribution in [0.5, 0.6) is 0 Å². The Balaban J connectivity index is 3.26. The van der Waals surface area contributed by atoms with Crippen LogP contribution in [0.15, 0.2) is 36.5 Å². The van der Waals surface area contributed by atoms with Crippen molar-refractivity contribution in [1.82, 2.24) is 0 Å². The second kappa shape index (κ2) is 27.7. The third-order valence-electron chi connectivity index (χ3n) is 5.91. The zero-order valence-corrected chi connectivity index (χ0v) is 22.9. The van der Waals surface area contributed by atoms with Gasteiger partial charge in [0.25, 0.3) is 0 Å². The van der Waals surface area contributed by atoms with E-state index in [0.717, 1.165) is 50.9 Å². The summed E-state index contributed by atoms with van der Waals surface area (Å²) in [5.74, 6) is 0.829. The highest BCUT2D eigenvalue weighted by molar-refractivity contribution is 5.59. The van der Waals surface area contributed by atoms with E-state index < -0.39 is 6.16 Å². The molecule has 34 heavy (non-hydrogen) atoms. The standard InChI is InChI=1S/C31H56O3/c1-4-5-6-7-8-9-10-11-12-13-14-15-16-19-22-25-28-33-31(32)34-29-26-23-20-17-18-21-24-27-30(2)3/h5-6,8-9,11-12,30H,4,7,10,13-29H2,1-3H3/b6-5-,9-8-,12-11-. The molecule has 0 radical (unpaired) electrons. The van der Waals surface area contributed by atoms with Gasteiger partial charge < -0.3 is 9.47 Å². The largest absolute Gasteiger partial charge is 0.508 e. The molecule has 0 amide bonds. The first-order valence-corrected chi connectivity index (χ1v) is 14.4. The van der Waals surface area contributed by atoms with E-state index >= 15 is 0 Å². The fraction of sp³-hybridized carbons (Fsp3) is 0.774. The predicted octanol–water partition coefficient (Wildman–Crippen LogP) is 10.5. The van der Waals surface area contributed by atoms with Crippen molar-refractivity contribution in [3.63, 3.8) is 0 Å². The van der Waals surface area contributed by atoms with E-state index in [-0.39, 0.29) is 0 Å². The summed E-state index contributed by atoms with van der Waals surface area (Å²) in [6, 6.07) is 0. The van der Waals surface area contributed by atoms with E-state index in [1.165, 1.54) is 70.6 Å². The van der Waals surface area contributed by atoms with E-state index in [1.54, 1.807) is 0 Å². The lowest BCUT2D eigenvalue weighted by molar-refractivity contribution is 0.0529. The van der Waals surface area contributed by atoms with Gasteiger partial charge in [0.05, 0.1) is 13.2 Å². The molecule has 0 N–H and O–H groups in total. The molecule has 0 aliphatic rings. The summed E-state index contributed by atoms with van der Waals surface area (Å²) in [4.78, 5) is 11.6. The fourth-order valence-corrected chi connectivity index (χ4v) is 3.79. The summed E-state index contributed by atoms with van der Waals surface area (Å²) >= 11 is 0. The van der Waals surface area contributed by atoms with Gasteiger partial charge in [0, 0.05) is 0 Å². The molecule has 3 heteroatoms. The van der Waals surface area contributed by atoms with Crippen molar-refractivity contribution in [2.24, 2.45) is 5.92 Å². The van der Waals surface area contributed by atoms with E-state index in [0.29, 0.717) is 13.2 Å². The van der Waals surface area contributed by atoms with Crippen molar-refractivity contribution in [1.29, 1.82) is 0 Å². The molecule has 0 atom stereocenters.